The predicted molar refractivity (Wildman–Crippen MR) is 101 cm³/mol. The molecule has 0 aliphatic rings. The molecule has 0 aliphatic heterocycles. The van der Waals surface area contributed by atoms with Gasteiger partial charge >= 0.3 is 0 Å². The summed E-state index contributed by atoms with van der Waals surface area (Å²) in [4.78, 5) is 16.3. The molecule has 1 aromatic carbocycles. The highest BCUT2D eigenvalue weighted by atomic mass is 35.5. The lowest BCUT2D eigenvalue weighted by Crippen LogP contribution is -2.26. The van der Waals surface area contributed by atoms with Crippen molar-refractivity contribution in [1.82, 2.24) is 24.5 Å². The molecule has 0 spiro atoms. The van der Waals surface area contributed by atoms with Crippen molar-refractivity contribution in [2.24, 2.45) is 0 Å². The number of nitrogens with one attached hydrogen (secondary N) is 1. The lowest BCUT2D eigenvalue weighted by molar-refractivity contribution is -0.119. The van der Waals surface area contributed by atoms with Crippen LogP contribution in [0.2, 0.25) is 10.0 Å². The van der Waals surface area contributed by atoms with Crippen LogP contribution in [-0.2, 0) is 11.3 Å². The van der Waals surface area contributed by atoms with Crippen LogP contribution in [-0.4, -0.2) is 30.5 Å². The van der Waals surface area contributed by atoms with Crippen LogP contribution in [0.15, 0.2) is 30.6 Å². The molecule has 2 heterocycles. The normalized spacial score (nSPS) is 12.6. The third-order valence-electron chi connectivity index (χ3n) is 4.10. The Labute approximate surface area is 177 Å². The Morgan fingerprint density at radius 1 is 1.13 bits per heavy atom. The van der Waals surface area contributed by atoms with Crippen LogP contribution in [0.5, 0.6) is 0 Å². The van der Waals surface area contributed by atoms with E-state index in [0.717, 1.165) is 0 Å². The van der Waals surface area contributed by atoms with Crippen molar-refractivity contribution in [3.8, 4) is 0 Å². The molecule has 1 atom stereocenters. The largest absolute Gasteiger partial charge is 0.291 e. The van der Waals surface area contributed by atoms with Crippen LogP contribution in [0.4, 0.5) is 23.5 Å². The molecule has 30 heavy (non-hydrogen) atoms. The van der Waals surface area contributed by atoms with Gasteiger partial charge in [0.1, 0.15) is 23.8 Å². The quantitative estimate of drug-likeness (QED) is 0.504. The van der Waals surface area contributed by atoms with Crippen molar-refractivity contribution in [2.75, 3.05) is 5.32 Å². The summed E-state index contributed by atoms with van der Waals surface area (Å²) in [6, 6.07) is 4.19. The zero-order chi connectivity index (χ0) is 22.0. The molecular weight excluding hydrogens is 451 g/mol. The summed E-state index contributed by atoms with van der Waals surface area (Å²) in [6.07, 6.45) is -4.80. The predicted octanol–water partition coefficient (Wildman–Crippen LogP) is 4.90. The molecule has 3 rings (SSSR count). The van der Waals surface area contributed by atoms with Gasteiger partial charge in [-0.2, -0.15) is 5.10 Å². The molecule has 3 aromatic rings. The van der Waals surface area contributed by atoms with Gasteiger partial charge in [-0.1, -0.05) is 29.3 Å². The first-order valence-electron chi connectivity index (χ1n) is 8.45. The fraction of sp³-hybridized carbons (Fsp3) is 0.294. The lowest BCUT2D eigenvalue weighted by atomic mass is 10.2. The Morgan fingerprint density at radius 3 is 2.50 bits per heavy atom. The molecule has 1 amide bonds. The van der Waals surface area contributed by atoms with Gasteiger partial charge in [0.2, 0.25) is 5.95 Å². The van der Waals surface area contributed by atoms with E-state index in [1.165, 1.54) is 17.9 Å². The Hall–Kier alpha value is -2.66. The summed E-state index contributed by atoms with van der Waals surface area (Å²) in [7, 11) is 0. The first-order chi connectivity index (χ1) is 14.2. The minimum Gasteiger partial charge on any atom is -0.291 e. The Morgan fingerprint density at radius 2 is 1.87 bits per heavy atom. The molecule has 7 nitrogen and oxygen atoms in total. The molecule has 0 fully saturated rings. The zero-order valence-corrected chi connectivity index (χ0v) is 16.7. The van der Waals surface area contributed by atoms with Crippen molar-refractivity contribution in [1.29, 1.82) is 0 Å². The summed E-state index contributed by atoms with van der Waals surface area (Å²) in [5, 5.41) is 10.7. The number of benzene rings is 1. The molecule has 0 saturated carbocycles. The molecule has 0 aliphatic carbocycles. The van der Waals surface area contributed by atoms with Gasteiger partial charge in [-0.3, -0.25) is 14.8 Å². The maximum atomic E-state index is 13.1. The highest BCUT2D eigenvalue weighted by Crippen LogP contribution is 2.27. The number of carbonyl (C=O) groups excluding carboxylic acids is 1. The van der Waals surface area contributed by atoms with Crippen LogP contribution in [0.3, 0.4) is 0 Å². The average Bonchev–Trinajstić information content (AvgIpc) is 3.30. The number of aromatic nitrogens is 5. The Balaban J connectivity index is 1.72. The second-order valence-electron chi connectivity index (χ2n) is 6.21. The van der Waals surface area contributed by atoms with E-state index in [1.54, 1.807) is 18.2 Å². The minimum absolute atomic E-state index is 0.100. The molecule has 13 heteroatoms. The first-order valence-corrected chi connectivity index (χ1v) is 9.21. The van der Waals surface area contributed by atoms with Crippen LogP contribution >= 0.6 is 23.2 Å². The van der Waals surface area contributed by atoms with Crippen LogP contribution in [0.25, 0.3) is 0 Å². The van der Waals surface area contributed by atoms with Gasteiger partial charge in [0.25, 0.3) is 18.8 Å². The van der Waals surface area contributed by atoms with Gasteiger partial charge in [0.05, 0.1) is 6.54 Å². The number of rotatable bonds is 7. The van der Waals surface area contributed by atoms with E-state index in [-0.39, 0.29) is 12.5 Å². The monoisotopic (exact) mass is 464 g/mol. The number of carbonyl (C=O) groups is 1. The maximum Gasteiger partial charge on any atom is 0.282 e. The van der Waals surface area contributed by atoms with E-state index in [0.29, 0.717) is 26.4 Å². The molecule has 160 valence electrons. The molecule has 1 N–H and O–H groups in total. The lowest BCUT2D eigenvalue weighted by Gasteiger charge is -2.14. The first kappa shape index (κ1) is 22.0. The van der Waals surface area contributed by atoms with Gasteiger partial charge in [0, 0.05) is 10.0 Å². The van der Waals surface area contributed by atoms with Crippen LogP contribution < -0.4 is 5.32 Å². The number of nitrogens with zero attached hydrogens (tertiary/aromatic N) is 5. The highest BCUT2D eigenvalue weighted by Gasteiger charge is 2.27. The smallest absolute Gasteiger partial charge is 0.282 e. The third-order valence-corrected chi connectivity index (χ3v) is 4.68. The van der Waals surface area contributed by atoms with Crippen molar-refractivity contribution in [2.45, 2.75) is 32.4 Å². The van der Waals surface area contributed by atoms with Crippen LogP contribution in [0, 0.1) is 0 Å². The molecule has 1 unspecified atom stereocenters. The van der Waals surface area contributed by atoms with Crippen molar-refractivity contribution < 1.29 is 22.4 Å². The standard InChI is InChI=1S/C17H14Cl2F4N6O/c1-8(29-13(15(22)23)5-12(26-29)14(20)21)16(30)25-17-24-7-28(27-17)6-9-2-3-10(18)4-11(9)19/h2-5,7-8,14-15H,6H2,1H3,(H,25,27,30). The summed E-state index contributed by atoms with van der Waals surface area (Å²) < 4.78 is 53.8. The summed E-state index contributed by atoms with van der Waals surface area (Å²) in [6.45, 7) is 1.48. The molecule has 2 aromatic heterocycles. The number of halogens is 6. The number of hydrogen-bond donors (Lipinski definition) is 1. The van der Waals surface area contributed by atoms with Crippen LogP contribution in [0.1, 0.15) is 42.8 Å². The van der Waals surface area contributed by atoms with E-state index < -0.39 is 36.2 Å². The van der Waals surface area contributed by atoms with Crippen molar-refractivity contribution >= 4 is 35.1 Å². The van der Waals surface area contributed by atoms with E-state index in [4.69, 9.17) is 23.2 Å². The summed E-state index contributed by atoms with van der Waals surface area (Å²) in [5.74, 6) is -0.903. The molecular formula is C17H14Cl2F4N6O. The van der Waals surface area contributed by atoms with E-state index in [9.17, 15) is 22.4 Å². The average molecular weight is 465 g/mol. The zero-order valence-electron chi connectivity index (χ0n) is 15.2. The Bertz CT molecular complexity index is 1050. The molecule has 0 radical (unpaired) electrons. The Kier molecular flexibility index (Phi) is 6.61. The number of anilines is 1. The van der Waals surface area contributed by atoms with Crippen molar-refractivity contribution in [3.63, 3.8) is 0 Å². The fourth-order valence-electron chi connectivity index (χ4n) is 2.59. The van der Waals surface area contributed by atoms with Gasteiger partial charge in [0.15, 0.2) is 0 Å². The van der Waals surface area contributed by atoms with E-state index in [2.05, 4.69) is 20.5 Å². The second kappa shape index (κ2) is 9.00. The van der Waals surface area contributed by atoms with E-state index >= 15 is 0 Å². The number of alkyl halides is 4. The third kappa shape index (κ3) is 4.90. The minimum atomic E-state index is -3.08. The van der Waals surface area contributed by atoms with Gasteiger partial charge in [-0.15, -0.1) is 5.10 Å². The fourth-order valence-corrected chi connectivity index (χ4v) is 3.05. The van der Waals surface area contributed by atoms with Gasteiger partial charge < -0.3 is 0 Å². The SMILES string of the molecule is CC(C(=O)Nc1ncn(Cc2ccc(Cl)cc2Cl)n1)n1nc(C(F)F)cc1C(F)F. The number of amides is 1. The number of hydrogen-bond acceptors (Lipinski definition) is 4. The topological polar surface area (TPSA) is 77.6 Å². The van der Waals surface area contributed by atoms with Gasteiger partial charge in [-0.05, 0) is 30.7 Å². The molecule has 0 bridgehead atoms. The molecule has 0 saturated heterocycles. The summed E-state index contributed by atoms with van der Waals surface area (Å²) in [5.41, 5.74) is -0.925. The highest BCUT2D eigenvalue weighted by molar-refractivity contribution is 6.35. The van der Waals surface area contributed by atoms with Gasteiger partial charge in [-0.25, -0.2) is 27.2 Å². The summed E-state index contributed by atoms with van der Waals surface area (Å²) >= 11 is 12.0. The van der Waals surface area contributed by atoms with E-state index in [1.807, 2.05) is 0 Å². The maximum absolute atomic E-state index is 13.1. The van der Waals surface area contributed by atoms with Crippen molar-refractivity contribution in [3.05, 3.63) is 57.6 Å². The second-order valence-corrected chi connectivity index (χ2v) is 7.05.